The molecule has 0 bridgehead atoms. The quantitative estimate of drug-likeness (QED) is 0.825. The number of fused-ring (bicyclic) bond motifs is 1. The first kappa shape index (κ1) is 16.4. The Bertz CT molecular complexity index is 755. The van der Waals surface area contributed by atoms with Gasteiger partial charge in [0, 0.05) is 43.6 Å². The number of hydrogen-bond acceptors (Lipinski definition) is 4. The van der Waals surface area contributed by atoms with Gasteiger partial charge in [-0.1, -0.05) is 29.8 Å². The Kier molecular flexibility index (Phi) is 4.59. The smallest absolute Gasteiger partial charge is 0.410 e. The van der Waals surface area contributed by atoms with Crippen LogP contribution in [0.15, 0.2) is 48.8 Å². The minimum Gasteiger partial charge on any atom is -0.442 e. The van der Waals surface area contributed by atoms with Gasteiger partial charge in [0.05, 0.1) is 6.04 Å². The standard InChI is InChI=1S/C19H20ClN3O2/c20-16-5-1-3-14(9-16)6-8-23-17-12-22(13-18(17)25-19(23)24)11-15-4-2-7-21-10-15/h1-5,7,9-10,17-18H,6,8,11-13H2/t17-,18+/m0/s1. The molecule has 2 fully saturated rings. The van der Waals surface area contributed by atoms with Crippen LogP contribution in [0.3, 0.4) is 0 Å². The molecule has 5 nitrogen and oxygen atoms in total. The molecule has 0 N–H and O–H groups in total. The number of ether oxygens (including phenoxy) is 1. The molecule has 25 heavy (non-hydrogen) atoms. The first-order chi connectivity index (χ1) is 12.2. The molecule has 1 amide bonds. The van der Waals surface area contributed by atoms with Crippen molar-refractivity contribution >= 4 is 17.7 Å². The van der Waals surface area contributed by atoms with E-state index in [0.717, 1.165) is 36.6 Å². The van der Waals surface area contributed by atoms with E-state index in [2.05, 4.69) is 16.0 Å². The predicted molar refractivity (Wildman–Crippen MR) is 95.4 cm³/mol. The van der Waals surface area contributed by atoms with E-state index in [-0.39, 0.29) is 18.2 Å². The van der Waals surface area contributed by atoms with Gasteiger partial charge in [0.25, 0.3) is 0 Å². The molecular formula is C19H20ClN3O2. The first-order valence-corrected chi connectivity index (χ1v) is 8.90. The van der Waals surface area contributed by atoms with Crippen molar-refractivity contribution in [1.82, 2.24) is 14.8 Å². The number of nitrogens with zero attached hydrogens (tertiary/aromatic N) is 3. The third-order valence-corrected chi connectivity index (χ3v) is 5.09. The van der Waals surface area contributed by atoms with Crippen molar-refractivity contribution in [2.24, 2.45) is 0 Å². The van der Waals surface area contributed by atoms with Gasteiger partial charge in [-0.15, -0.1) is 0 Å². The normalized spacial score (nSPS) is 22.9. The molecule has 2 atom stereocenters. The highest BCUT2D eigenvalue weighted by Gasteiger charge is 2.47. The minimum absolute atomic E-state index is 0.0384. The van der Waals surface area contributed by atoms with Crippen LogP contribution in [0.1, 0.15) is 11.1 Å². The van der Waals surface area contributed by atoms with Gasteiger partial charge in [-0.25, -0.2) is 4.79 Å². The Morgan fingerprint density at radius 2 is 2.08 bits per heavy atom. The van der Waals surface area contributed by atoms with Crippen molar-refractivity contribution in [2.75, 3.05) is 19.6 Å². The Hall–Kier alpha value is -2.11. The van der Waals surface area contributed by atoms with Crippen LogP contribution < -0.4 is 0 Å². The topological polar surface area (TPSA) is 45.7 Å². The highest BCUT2D eigenvalue weighted by atomic mass is 35.5. The van der Waals surface area contributed by atoms with Crippen LogP contribution in [0.25, 0.3) is 0 Å². The lowest BCUT2D eigenvalue weighted by atomic mass is 10.1. The highest BCUT2D eigenvalue weighted by Crippen LogP contribution is 2.28. The molecule has 2 aliphatic rings. The van der Waals surface area contributed by atoms with Crippen molar-refractivity contribution in [3.63, 3.8) is 0 Å². The number of aromatic nitrogens is 1. The summed E-state index contributed by atoms with van der Waals surface area (Å²) in [6.07, 6.45) is 4.21. The van der Waals surface area contributed by atoms with Crippen LogP contribution in [-0.4, -0.2) is 52.7 Å². The second-order valence-electron chi connectivity index (χ2n) is 6.62. The Morgan fingerprint density at radius 1 is 1.20 bits per heavy atom. The predicted octanol–water partition coefficient (Wildman–Crippen LogP) is 2.98. The highest BCUT2D eigenvalue weighted by molar-refractivity contribution is 6.30. The molecule has 2 aromatic rings. The molecule has 0 unspecified atom stereocenters. The third kappa shape index (κ3) is 3.62. The summed E-state index contributed by atoms with van der Waals surface area (Å²) >= 11 is 6.04. The van der Waals surface area contributed by atoms with Gasteiger partial charge in [0.15, 0.2) is 0 Å². The maximum Gasteiger partial charge on any atom is 0.410 e. The summed E-state index contributed by atoms with van der Waals surface area (Å²) in [5, 5.41) is 0.725. The van der Waals surface area contributed by atoms with E-state index in [0.29, 0.717) is 6.54 Å². The SMILES string of the molecule is O=C1O[C@@H]2CN(Cc3cccnc3)C[C@@H]2N1CCc1cccc(Cl)c1. The molecule has 0 radical (unpaired) electrons. The zero-order valence-electron chi connectivity index (χ0n) is 13.8. The lowest BCUT2D eigenvalue weighted by Crippen LogP contribution is -2.39. The zero-order chi connectivity index (χ0) is 17.2. The van der Waals surface area contributed by atoms with Gasteiger partial charge < -0.3 is 4.74 Å². The Balaban J connectivity index is 1.38. The Morgan fingerprint density at radius 3 is 2.88 bits per heavy atom. The number of carbonyl (C=O) groups is 1. The lowest BCUT2D eigenvalue weighted by Gasteiger charge is -2.22. The number of rotatable bonds is 5. The van der Waals surface area contributed by atoms with Crippen molar-refractivity contribution in [3.8, 4) is 0 Å². The fourth-order valence-corrected chi connectivity index (χ4v) is 3.87. The summed E-state index contributed by atoms with van der Waals surface area (Å²) in [4.78, 5) is 20.5. The maximum absolute atomic E-state index is 12.2. The summed E-state index contributed by atoms with van der Waals surface area (Å²) in [5.74, 6) is 0. The zero-order valence-corrected chi connectivity index (χ0v) is 14.6. The molecule has 4 rings (SSSR count). The summed E-state index contributed by atoms with van der Waals surface area (Å²) < 4.78 is 5.58. The van der Waals surface area contributed by atoms with E-state index in [1.165, 1.54) is 5.56 Å². The summed E-state index contributed by atoms with van der Waals surface area (Å²) in [5.41, 5.74) is 2.31. The van der Waals surface area contributed by atoms with Crippen LogP contribution in [0, 0.1) is 0 Å². The molecule has 2 aliphatic heterocycles. The van der Waals surface area contributed by atoms with Crippen molar-refractivity contribution in [1.29, 1.82) is 0 Å². The number of benzene rings is 1. The van der Waals surface area contributed by atoms with Crippen LogP contribution >= 0.6 is 11.6 Å². The molecular weight excluding hydrogens is 338 g/mol. The fourth-order valence-electron chi connectivity index (χ4n) is 3.66. The van der Waals surface area contributed by atoms with E-state index in [9.17, 15) is 4.79 Å². The van der Waals surface area contributed by atoms with E-state index < -0.39 is 0 Å². The molecule has 1 aromatic carbocycles. The molecule has 2 saturated heterocycles. The monoisotopic (exact) mass is 357 g/mol. The van der Waals surface area contributed by atoms with Crippen molar-refractivity contribution in [2.45, 2.75) is 25.1 Å². The van der Waals surface area contributed by atoms with Gasteiger partial charge in [-0.3, -0.25) is 14.8 Å². The van der Waals surface area contributed by atoms with Crippen LogP contribution in [-0.2, 0) is 17.7 Å². The van der Waals surface area contributed by atoms with Crippen molar-refractivity contribution < 1.29 is 9.53 Å². The van der Waals surface area contributed by atoms with Gasteiger partial charge in [-0.2, -0.15) is 0 Å². The molecule has 1 aromatic heterocycles. The lowest BCUT2D eigenvalue weighted by molar-refractivity contribution is 0.120. The first-order valence-electron chi connectivity index (χ1n) is 8.52. The fraction of sp³-hybridized carbons (Fsp3) is 0.368. The van der Waals surface area contributed by atoms with E-state index in [1.54, 1.807) is 6.20 Å². The Labute approximate surface area is 152 Å². The van der Waals surface area contributed by atoms with Crippen molar-refractivity contribution in [3.05, 3.63) is 64.9 Å². The molecule has 0 saturated carbocycles. The average molecular weight is 358 g/mol. The molecule has 0 spiro atoms. The summed E-state index contributed by atoms with van der Waals surface area (Å²) in [7, 11) is 0. The average Bonchev–Trinajstić information content (AvgIpc) is 3.10. The van der Waals surface area contributed by atoms with E-state index >= 15 is 0 Å². The number of halogens is 1. The number of likely N-dealkylation sites (tertiary alicyclic amines) is 1. The van der Waals surface area contributed by atoms with Gasteiger partial charge in [-0.05, 0) is 35.7 Å². The third-order valence-electron chi connectivity index (χ3n) is 4.86. The maximum atomic E-state index is 12.2. The van der Waals surface area contributed by atoms with Gasteiger partial charge in [0.1, 0.15) is 6.10 Å². The molecule has 3 heterocycles. The number of pyridine rings is 1. The van der Waals surface area contributed by atoms with Crippen LogP contribution in [0.5, 0.6) is 0 Å². The van der Waals surface area contributed by atoms with Gasteiger partial charge in [0.2, 0.25) is 0 Å². The number of hydrogen-bond donors (Lipinski definition) is 0. The van der Waals surface area contributed by atoms with Gasteiger partial charge >= 0.3 is 6.09 Å². The van der Waals surface area contributed by atoms with Crippen LogP contribution in [0.4, 0.5) is 4.79 Å². The van der Waals surface area contributed by atoms with E-state index in [1.807, 2.05) is 41.4 Å². The second-order valence-corrected chi connectivity index (χ2v) is 7.05. The largest absolute Gasteiger partial charge is 0.442 e. The minimum atomic E-state index is -0.196. The molecule has 130 valence electrons. The second kappa shape index (κ2) is 7.02. The number of carbonyl (C=O) groups excluding carboxylic acids is 1. The van der Waals surface area contributed by atoms with E-state index in [4.69, 9.17) is 16.3 Å². The van der Waals surface area contributed by atoms with Crippen LogP contribution in [0.2, 0.25) is 5.02 Å². The number of amides is 1. The summed E-state index contributed by atoms with van der Waals surface area (Å²) in [6, 6.07) is 11.9. The summed E-state index contributed by atoms with van der Waals surface area (Å²) in [6.45, 7) is 3.10. The molecule has 0 aliphatic carbocycles. The molecule has 6 heteroatoms.